The maximum Gasteiger partial charge on any atom is 0.281 e. The molecule has 0 bridgehead atoms. The van der Waals surface area contributed by atoms with Crippen LogP contribution in [0.15, 0.2) is 47.6 Å². The molecule has 0 saturated carbocycles. The third-order valence-electron chi connectivity index (χ3n) is 3.91. The molecule has 7 heteroatoms. The Hall–Kier alpha value is -2.41. The SMILES string of the molecule is COc1cccc2c1CCC2C(=O)NS(=O)(=O)c1ccccn1. The van der Waals surface area contributed by atoms with Crippen molar-refractivity contribution in [3.63, 3.8) is 0 Å². The first kappa shape index (κ1) is 15.5. The van der Waals surface area contributed by atoms with E-state index in [2.05, 4.69) is 9.71 Å². The largest absolute Gasteiger partial charge is 0.496 e. The Labute approximate surface area is 134 Å². The van der Waals surface area contributed by atoms with Crippen molar-refractivity contribution in [1.82, 2.24) is 9.71 Å². The Balaban J connectivity index is 1.84. The summed E-state index contributed by atoms with van der Waals surface area (Å²) in [5, 5.41) is -0.169. The first-order valence-electron chi connectivity index (χ1n) is 7.16. The highest BCUT2D eigenvalue weighted by Gasteiger charge is 2.33. The van der Waals surface area contributed by atoms with Gasteiger partial charge >= 0.3 is 0 Å². The van der Waals surface area contributed by atoms with Gasteiger partial charge in [-0.15, -0.1) is 0 Å². The molecule has 1 unspecified atom stereocenters. The van der Waals surface area contributed by atoms with Crippen LogP contribution in [0.1, 0.15) is 23.5 Å². The van der Waals surface area contributed by atoms with Crippen LogP contribution >= 0.6 is 0 Å². The smallest absolute Gasteiger partial charge is 0.281 e. The van der Waals surface area contributed by atoms with Gasteiger partial charge in [0.05, 0.1) is 13.0 Å². The molecule has 1 aromatic carbocycles. The predicted molar refractivity (Wildman–Crippen MR) is 83.6 cm³/mol. The van der Waals surface area contributed by atoms with Crippen molar-refractivity contribution in [3.8, 4) is 5.75 Å². The summed E-state index contributed by atoms with van der Waals surface area (Å²) in [4.78, 5) is 16.2. The van der Waals surface area contributed by atoms with Gasteiger partial charge in [-0.25, -0.2) is 9.71 Å². The van der Waals surface area contributed by atoms with Gasteiger partial charge in [-0.3, -0.25) is 4.79 Å². The van der Waals surface area contributed by atoms with Gasteiger partial charge in [0.2, 0.25) is 5.91 Å². The average molecular weight is 332 g/mol. The molecular weight excluding hydrogens is 316 g/mol. The lowest BCUT2D eigenvalue weighted by Crippen LogP contribution is -2.34. The van der Waals surface area contributed by atoms with Gasteiger partial charge in [-0.2, -0.15) is 8.42 Å². The number of hydrogen-bond donors (Lipinski definition) is 1. The Morgan fingerprint density at radius 3 is 2.78 bits per heavy atom. The number of amides is 1. The summed E-state index contributed by atoms with van der Waals surface area (Å²) in [6, 6.07) is 9.99. The van der Waals surface area contributed by atoms with Crippen LogP contribution in [-0.2, 0) is 21.2 Å². The van der Waals surface area contributed by atoms with E-state index >= 15 is 0 Å². The van der Waals surface area contributed by atoms with Gasteiger partial charge < -0.3 is 4.74 Å². The summed E-state index contributed by atoms with van der Waals surface area (Å²) in [6.45, 7) is 0. The van der Waals surface area contributed by atoms with Crippen molar-refractivity contribution in [1.29, 1.82) is 0 Å². The van der Waals surface area contributed by atoms with Crippen molar-refractivity contribution in [2.45, 2.75) is 23.8 Å². The zero-order valence-corrected chi connectivity index (χ0v) is 13.3. The van der Waals surface area contributed by atoms with E-state index in [1.54, 1.807) is 25.3 Å². The van der Waals surface area contributed by atoms with Crippen molar-refractivity contribution < 1.29 is 17.9 Å². The lowest BCUT2D eigenvalue weighted by atomic mass is 10.0. The molecule has 0 radical (unpaired) electrons. The predicted octanol–water partition coefficient (Wildman–Crippen LogP) is 1.63. The first-order chi connectivity index (χ1) is 11.0. The summed E-state index contributed by atoms with van der Waals surface area (Å²) in [5.74, 6) is -0.313. The fraction of sp³-hybridized carbons (Fsp3) is 0.250. The number of benzene rings is 1. The summed E-state index contributed by atoms with van der Waals surface area (Å²) < 4.78 is 31.8. The highest BCUT2D eigenvalue weighted by molar-refractivity contribution is 7.90. The molecule has 0 saturated heterocycles. The van der Waals surface area contributed by atoms with Crippen LogP contribution in [-0.4, -0.2) is 26.4 Å². The van der Waals surface area contributed by atoms with E-state index in [0.29, 0.717) is 12.8 Å². The van der Waals surface area contributed by atoms with Crippen LogP contribution in [0.2, 0.25) is 0 Å². The number of fused-ring (bicyclic) bond motifs is 1. The van der Waals surface area contributed by atoms with Gasteiger partial charge in [0.15, 0.2) is 5.03 Å². The number of nitrogens with zero attached hydrogens (tertiary/aromatic N) is 1. The van der Waals surface area contributed by atoms with E-state index in [0.717, 1.165) is 16.9 Å². The zero-order chi connectivity index (χ0) is 16.4. The second kappa shape index (κ2) is 6.00. The van der Waals surface area contributed by atoms with Crippen LogP contribution in [0.25, 0.3) is 0 Å². The molecule has 1 heterocycles. The molecule has 1 amide bonds. The van der Waals surface area contributed by atoms with Gasteiger partial charge in [-0.05, 0) is 42.2 Å². The maximum atomic E-state index is 12.4. The molecule has 1 aromatic heterocycles. The highest BCUT2D eigenvalue weighted by Crippen LogP contribution is 2.38. The summed E-state index contributed by atoms with van der Waals surface area (Å²) in [7, 11) is -2.38. The summed E-state index contributed by atoms with van der Waals surface area (Å²) in [6.07, 6.45) is 2.61. The molecule has 2 aromatic rings. The number of carbonyl (C=O) groups is 1. The van der Waals surface area contributed by atoms with Crippen LogP contribution < -0.4 is 9.46 Å². The Bertz CT molecular complexity index is 834. The van der Waals surface area contributed by atoms with E-state index in [-0.39, 0.29) is 5.03 Å². The molecule has 0 fully saturated rings. The fourth-order valence-corrected chi connectivity index (χ4v) is 3.82. The second-order valence-electron chi connectivity index (χ2n) is 5.26. The number of sulfonamides is 1. The van der Waals surface area contributed by atoms with Gasteiger partial charge in [-0.1, -0.05) is 18.2 Å². The minimum absolute atomic E-state index is 0.169. The first-order valence-corrected chi connectivity index (χ1v) is 8.64. The van der Waals surface area contributed by atoms with Gasteiger partial charge in [0.25, 0.3) is 10.0 Å². The summed E-state index contributed by atoms with van der Waals surface area (Å²) in [5.41, 5.74) is 1.78. The highest BCUT2D eigenvalue weighted by atomic mass is 32.2. The van der Waals surface area contributed by atoms with Crippen LogP contribution in [0.5, 0.6) is 5.75 Å². The van der Waals surface area contributed by atoms with Crippen LogP contribution in [0, 0.1) is 0 Å². The molecule has 23 heavy (non-hydrogen) atoms. The van der Waals surface area contributed by atoms with E-state index in [9.17, 15) is 13.2 Å². The third-order valence-corrected chi connectivity index (χ3v) is 5.17. The Morgan fingerprint density at radius 2 is 2.09 bits per heavy atom. The molecule has 1 aliphatic carbocycles. The number of ether oxygens (including phenoxy) is 1. The lowest BCUT2D eigenvalue weighted by Gasteiger charge is -2.13. The number of methoxy groups -OCH3 is 1. The monoisotopic (exact) mass is 332 g/mol. The number of carbonyl (C=O) groups excluding carboxylic acids is 1. The molecule has 120 valence electrons. The van der Waals surface area contributed by atoms with E-state index < -0.39 is 21.8 Å². The van der Waals surface area contributed by atoms with E-state index in [1.165, 1.54) is 12.3 Å². The molecule has 1 aliphatic rings. The second-order valence-corrected chi connectivity index (χ2v) is 6.89. The number of nitrogens with one attached hydrogen (secondary N) is 1. The number of hydrogen-bond acceptors (Lipinski definition) is 5. The maximum absolute atomic E-state index is 12.4. The van der Waals surface area contributed by atoms with Crippen molar-refractivity contribution in [3.05, 3.63) is 53.7 Å². The van der Waals surface area contributed by atoms with Crippen molar-refractivity contribution in [2.75, 3.05) is 7.11 Å². The normalized spacial score (nSPS) is 16.7. The molecule has 0 aliphatic heterocycles. The Kier molecular flexibility index (Phi) is 4.04. The lowest BCUT2D eigenvalue weighted by molar-refractivity contribution is -0.120. The number of aromatic nitrogens is 1. The molecule has 3 rings (SSSR count). The topological polar surface area (TPSA) is 85.4 Å². The van der Waals surface area contributed by atoms with Crippen molar-refractivity contribution >= 4 is 15.9 Å². The molecule has 0 spiro atoms. The summed E-state index contributed by atoms with van der Waals surface area (Å²) >= 11 is 0. The number of rotatable bonds is 4. The van der Waals surface area contributed by atoms with E-state index in [1.807, 2.05) is 12.1 Å². The van der Waals surface area contributed by atoms with Gasteiger partial charge in [0.1, 0.15) is 5.75 Å². The number of pyridine rings is 1. The average Bonchev–Trinajstić information content (AvgIpc) is 2.99. The van der Waals surface area contributed by atoms with Crippen molar-refractivity contribution in [2.24, 2.45) is 0 Å². The van der Waals surface area contributed by atoms with Crippen LogP contribution in [0.3, 0.4) is 0 Å². The van der Waals surface area contributed by atoms with Crippen LogP contribution in [0.4, 0.5) is 0 Å². The quantitative estimate of drug-likeness (QED) is 0.920. The van der Waals surface area contributed by atoms with E-state index in [4.69, 9.17) is 4.74 Å². The molecule has 1 N–H and O–H groups in total. The zero-order valence-electron chi connectivity index (χ0n) is 12.5. The molecule has 6 nitrogen and oxygen atoms in total. The minimum atomic E-state index is -3.96. The minimum Gasteiger partial charge on any atom is -0.496 e. The fourth-order valence-electron chi connectivity index (χ4n) is 2.85. The molecular formula is C16H16N2O4S. The standard InChI is InChI=1S/C16H16N2O4S/c1-22-14-6-4-5-11-12(14)8-9-13(11)16(19)18-23(20,21)15-7-2-3-10-17-15/h2-7,10,13H,8-9H2,1H3,(H,18,19). The Morgan fingerprint density at radius 1 is 1.26 bits per heavy atom. The third kappa shape index (κ3) is 2.92. The van der Waals surface area contributed by atoms with Gasteiger partial charge in [0, 0.05) is 6.20 Å². The molecule has 1 atom stereocenters.